The summed E-state index contributed by atoms with van der Waals surface area (Å²) in [6, 6.07) is 3.47. The average Bonchev–Trinajstić information content (AvgIpc) is 2.57. The van der Waals surface area contributed by atoms with Crippen molar-refractivity contribution in [3.8, 4) is 0 Å². The van der Waals surface area contributed by atoms with Gasteiger partial charge < -0.3 is 4.90 Å². The fraction of sp³-hybridized carbons (Fsp3) is 0.300. The van der Waals surface area contributed by atoms with Gasteiger partial charge >= 0.3 is 0 Å². The van der Waals surface area contributed by atoms with Crippen LogP contribution in [0.5, 0.6) is 0 Å². The molecule has 0 bridgehead atoms. The quantitative estimate of drug-likeness (QED) is 0.463. The molecule has 1 unspecified atom stereocenters. The predicted molar refractivity (Wildman–Crippen MR) is 59.7 cm³/mol. The van der Waals surface area contributed by atoms with Crippen molar-refractivity contribution in [3.63, 3.8) is 0 Å². The van der Waals surface area contributed by atoms with Crippen LogP contribution in [0.3, 0.4) is 0 Å². The smallest absolute Gasteiger partial charge is 0.296 e. The zero-order valence-electron chi connectivity index (χ0n) is 8.60. The van der Waals surface area contributed by atoms with Gasteiger partial charge in [-0.25, -0.2) is 4.39 Å². The summed E-state index contributed by atoms with van der Waals surface area (Å²) >= 11 is 5.78. The molecule has 1 aliphatic rings. The number of amides is 1. The Hall–Kier alpha value is -1.69. The predicted octanol–water partition coefficient (Wildman–Crippen LogP) is 2.08. The molecule has 1 aliphatic heterocycles. The van der Waals surface area contributed by atoms with Crippen LogP contribution >= 0.6 is 11.6 Å². The second-order valence-electron chi connectivity index (χ2n) is 3.67. The number of hydrogen-bond acceptors (Lipinski definition) is 3. The van der Waals surface area contributed by atoms with Gasteiger partial charge in [-0.05, 0) is 6.07 Å². The van der Waals surface area contributed by atoms with Gasteiger partial charge in [0.05, 0.1) is 10.3 Å². The number of halogens is 2. The maximum absolute atomic E-state index is 13.6. The summed E-state index contributed by atoms with van der Waals surface area (Å²) in [6.07, 6.45) is 0.0625. The topological polar surface area (TPSA) is 63.5 Å². The lowest BCUT2D eigenvalue weighted by molar-refractivity contribution is -0.384. The molecule has 1 fully saturated rings. The molecule has 7 heteroatoms. The number of hydrogen-bond donors (Lipinski definition) is 0. The van der Waals surface area contributed by atoms with E-state index in [1.54, 1.807) is 0 Å². The fourth-order valence-corrected chi connectivity index (χ4v) is 2.07. The number of nitro groups is 1. The molecule has 1 amide bonds. The van der Waals surface area contributed by atoms with Crippen molar-refractivity contribution >= 4 is 28.9 Å². The minimum absolute atomic E-state index is 0.0625. The lowest BCUT2D eigenvalue weighted by atomic mass is 10.2. The number of carbonyl (C=O) groups is 1. The number of alkyl halides is 1. The summed E-state index contributed by atoms with van der Waals surface area (Å²) in [5, 5.41) is 10.3. The second-order valence-corrected chi connectivity index (χ2v) is 4.29. The van der Waals surface area contributed by atoms with Crippen LogP contribution in [0.25, 0.3) is 0 Å². The zero-order chi connectivity index (χ0) is 12.6. The van der Waals surface area contributed by atoms with Crippen LogP contribution in [0.1, 0.15) is 6.42 Å². The summed E-state index contributed by atoms with van der Waals surface area (Å²) in [5.74, 6) is -1.20. The van der Waals surface area contributed by atoms with Crippen molar-refractivity contribution in [2.45, 2.75) is 11.8 Å². The highest BCUT2D eigenvalue weighted by molar-refractivity contribution is 6.24. The van der Waals surface area contributed by atoms with Gasteiger partial charge in [0.2, 0.25) is 5.91 Å². The molecule has 0 spiro atoms. The van der Waals surface area contributed by atoms with Gasteiger partial charge in [0.1, 0.15) is 0 Å². The summed E-state index contributed by atoms with van der Waals surface area (Å²) in [6.45, 7) is 0.0855. The molecule has 0 radical (unpaired) electrons. The van der Waals surface area contributed by atoms with E-state index in [4.69, 9.17) is 11.6 Å². The third-order valence-corrected chi connectivity index (χ3v) is 2.80. The van der Waals surface area contributed by atoms with Crippen molar-refractivity contribution in [2.24, 2.45) is 0 Å². The normalized spacial score (nSPS) is 19.8. The molecule has 0 aliphatic carbocycles. The standard InChI is InChI=1S/C10H8ClFN2O3/c11-6-4-9(15)13(5-6)10-7(12)2-1-3-8(10)14(16)17/h1-3,6H,4-5H2. The number of nitro benzene ring substituents is 1. The molecule has 1 aromatic carbocycles. The molecular weight excluding hydrogens is 251 g/mol. The minimum atomic E-state index is -0.793. The van der Waals surface area contributed by atoms with Gasteiger partial charge in [-0.3, -0.25) is 14.9 Å². The van der Waals surface area contributed by atoms with E-state index in [9.17, 15) is 19.3 Å². The molecule has 0 N–H and O–H groups in total. The molecule has 0 saturated carbocycles. The Kier molecular flexibility index (Phi) is 2.97. The van der Waals surface area contributed by atoms with E-state index in [1.165, 1.54) is 6.07 Å². The molecule has 1 aromatic rings. The molecular formula is C10H8ClFN2O3. The van der Waals surface area contributed by atoms with E-state index < -0.39 is 27.7 Å². The highest BCUT2D eigenvalue weighted by Crippen LogP contribution is 2.34. The first-order valence-electron chi connectivity index (χ1n) is 4.88. The number of nitrogens with zero attached hydrogens (tertiary/aromatic N) is 2. The Morgan fingerprint density at radius 3 is 2.76 bits per heavy atom. The lowest BCUT2D eigenvalue weighted by Gasteiger charge is -2.16. The van der Waals surface area contributed by atoms with Crippen LogP contribution in [0, 0.1) is 15.9 Å². The summed E-state index contributed by atoms with van der Waals surface area (Å²) in [7, 11) is 0. The monoisotopic (exact) mass is 258 g/mol. The van der Waals surface area contributed by atoms with Crippen molar-refractivity contribution in [2.75, 3.05) is 11.4 Å². The second kappa shape index (κ2) is 4.29. The first-order valence-corrected chi connectivity index (χ1v) is 5.31. The van der Waals surface area contributed by atoms with Gasteiger partial charge in [0, 0.05) is 19.0 Å². The van der Waals surface area contributed by atoms with Crippen LogP contribution in [0.2, 0.25) is 0 Å². The molecule has 1 heterocycles. The molecule has 1 saturated heterocycles. The van der Waals surface area contributed by atoms with Crippen molar-refractivity contribution in [3.05, 3.63) is 34.1 Å². The summed E-state index contributed by atoms with van der Waals surface area (Å²) in [4.78, 5) is 22.7. The Morgan fingerprint density at radius 1 is 1.53 bits per heavy atom. The van der Waals surface area contributed by atoms with Crippen LogP contribution in [-0.4, -0.2) is 22.8 Å². The van der Waals surface area contributed by atoms with E-state index in [0.717, 1.165) is 17.0 Å². The van der Waals surface area contributed by atoms with Gasteiger partial charge in [0.25, 0.3) is 5.69 Å². The number of rotatable bonds is 2. The third kappa shape index (κ3) is 2.08. The first-order chi connectivity index (χ1) is 8.00. The van der Waals surface area contributed by atoms with Crippen molar-refractivity contribution in [1.29, 1.82) is 0 Å². The number of carbonyl (C=O) groups excluding carboxylic acids is 1. The van der Waals surface area contributed by atoms with Crippen LogP contribution in [0.15, 0.2) is 18.2 Å². The molecule has 1 atom stereocenters. The Balaban J connectivity index is 2.51. The average molecular weight is 259 g/mol. The summed E-state index contributed by atoms with van der Waals surface area (Å²) < 4.78 is 13.6. The molecule has 5 nitrogen and oxygen atoms in total. The Bertz CT molecular complexity index is 494. The highest BCUT2D eigenvalue weighted by Gasteiger charge is 2.35. The Labute approximate surface area is 101 Å². The zero-order valence-corrected chi connectivity index (χ0v) is 9.35. The van der Waals surface area contributed by atoms with E-state index >= 15 is 0 Å². The maximum Gasteiger partial charge on any atom is 0.296 e. The molecule has 0 aromatic heterocycles. The van der Waals surface area contributed by atoms with Gasteiger partial charge in [-0.15, -0.1) is 11.6 Å². The van der Waals surface area contributed by atoms with Crippen LogP contribution in [0.4, 0.5) is 15.8 Å². The Morgan fingerprint density at radius 2 is 2.24 bits per heavy atom. The van der Waals surface area contributed by atoms with Crippen molar-refractivity contribution < 1.29 is 14.1 Å². The third-order valence-electron chi connectivity index (χ3n) is 2.51. The van der Waals surface area contributed by atoms with Gasteiger partial charge in [-0.1, -0.05) is 6.07 Å². The van der Waals surface area contributed by atoms with E-state index in [2.05, 4.69) is 0 Å². The van der Waals surface area contributed by atoms with Crippen LogP contribution < -0.4 is 4.90 Å². The van der Waals surface area contributed by atoms with Gasteiger partial charge in [-0.2, -0.15) is 0 Å². The maximum atomic E-state index is 13.6. The van der Waals surface area contributed by atoms with Crippen molar-refractivity contribution in [1.82, 2.24) is 0 Å². The number of para-hydroxylation sites is 1. The highest BCUT2D eigenvalue weighted by atomic mass is 35.5. The minimum Gasteiger partial charge on any atom is -0.302 e. The number of anilines is 1. The van der Waals surface area contributed by atoms with Gasteiger partial charge in [0.15, 0.2) is 11.5 Å². The SMILES string of the molecule is O=C1CC(Cl)CN1c1c(F)cccc1[N+](=O)[O-]. The van der Waals surface area contributed by atoms with Crippen LogP contribution in [-0.2, 0) is 4.79 Å². The number of benzene rings is 1. The largest absolute Gasteiger partial charge is 0.302 e. The molecule has 90 valence electrons. The molecule has 17 heavy (non-hydrogen) atoms. The van der Waals surface area contributed by atoms with E-state index in [0.29, 0.717) is 0 Å². The lowest BCUT2D eigenvalue weighted by Crippen LogP contribution is -2.26. The summed E-state index contributed by atoms with van der Waals surface area (Å²) in [5.41, 5.74) is -0.727. The fourth-order valence-electron chi connectivity index (χ4n) is 1.80. The van der Waals surface area contributed by atoms with E-state index in [1.807, 2.05) is 0 Å². The van der Waals surface area contributed by atoms with E-state index in [-0.39, 0.29) is 18.7 Å². The molecule has 2 rings (SSSR count). The first kappa shape index (κ1) is 11.8.